The first-order valence-electron chi connectivity index (χ1n) is 12.6. The maximum Gasteiger partial charge on any atom is 0.269 e. The van der Waals surface area contributed by atoms with E-state index in [1.54, 1.807) is 30.5 Å². The van der Waals surface area contributed by atoms with Gasteiger partial charge in [-0.25, -0.2) is 10.0 Å². The Morgan fingerprint density at radius 3 is 1.97 bits per heavy atom. The number of rotatable bonds is 8. The third kappa shape index (κ3) is 5.94. The number of hydrogen-bond acceptors (Lipinski definition) is 5. The van der Waals surface area contributed by atoms with Crippen LogP contribution < -0.4 is 0 Å². The zero-order valence-corrected chi connectivity index (χ0v) is 22.7. The molecule has 0 spiro atoms. The molecule has 9 heteroatoms. The summed E-state index contributed by atoms with van der Waals surface area (Å²) in [6.45, 7) is 6.32. The van der Waals surface area contributed by atoms with Crippen LogP contribution in [0.4, 0.5) is 0 Å². The van der Waals surface area contributed by atoms with E-state index in [-0.39, 0.29) is 18.2 Å². The molecule has 2 unspecified atom stereocenters. The van der Waals surface area contributed by atoms with Crippen molar-refractivity contribution in [2.24, 2.45) is 5.92 Å². The van der Waals surface area contributed by atoms with Gasteiger partial charge in [0.2, 0.25) is 11.8 Å². The molecule has 3 atom stereocenters. The van der Waals surface area contributed by atoms with E-state index in [1.165, 1.54) is 47.8 Å². The maximum absolute atomic E-state index is 14.2. The van der Waals surface area contributed by atoms with E-state index in [0.717, 1.165) is 5.56 Å². The van der Waals surface area contributed by atoms with Crippen molar-refractivity contribution in [3.8, 4) is 0 Å². The fraction of sp³-hybridized carbons (Fsp3) is 0.379. The predicted molar refractivity (Wildman–Crippen MR) is 144 cm³/mol. The minimum Gasteiger partial charge on any atom is -0.381 e. The number of aliphatic hydroxyl groups is 1. The predicted octanol–water partition coefficient (Wildman–Crippen LogP) is 2.52. The zero-order valence-electron chi connectivity index (χ0n) is 22.7. The number of aliphatic hydroxyl groups excluding tert-OH is 1. The summed E-state index contributed by atoms with van der Waals surface area (Å²) in [4.78, 5) is 55.9. The number of carbonyl (C=O) groups is 4. The van der Waals surface area contributed by atoms with E-state index < -0.39 is 35.9 Å². The van der Waals surface area contributed by atoms with Gasteiger partial charge in [0.25, 0.3) is 11.8 Å². The summed E-state index contributed by atoms with van der Waals surface area (Å²) in [5.74, 6) is -2.24. The molecular formula is C29H36N4O5. The van der Waals surface area contributed by atoms with Gasteiger partial charge in [0.15, 0.2) is 6.10 Å². The molecular weight excluding hydrogens is 484 g/mol. The quantitative estimate of drug-likeness (QED) is 0.577. The second kappa shape index (κ2) is 12.0. The van der Waals surface area contributed by atoms with E-state index in [9.17, 15) is 24.3 Å². The van der Waals surface area contributed by atoms with Gasteiger partial charge in [-0.15, -0.1) is 0 Å². The van der Waals surface area contributed by atoms with Crippen molar-refractivity contribution < 1.29 is 24.3 Å². The van der Waals surface area contributed by atoms with Crippen molar-refractivity contribution in [3.63, 3.8) is 0 Å². The van der Waals surface area contributed by atoms with Crippen LogP contribution in [0.2, 0.25) is 0 Å². The first-order valence-corrected chi connectivity index (χ1v) is 12.6. The molecule has 0 aliphatic carbocycles. The van der Waals surface area contributed by atoms with E-state index in [0.29, 0.717) is 11.3 Å². The summed E-state index contributed by atoms with van der Waals surface area (Å²) in [6, 6.07) is 16.1. The molecule has 3 rings (SSSR count). The lowest BCUT2D eigenvalue weighted by atomic mass is 9.96. The minimum atomic E-state index is -1.62. The van der Waals surface area contributed by atoms with Gasteiger partial charge < -0.3 is 14.9 Å². The summed E-state index contributed by atoms with van der Waals surface area (Å²) in [6.07, 6.45) is 0.0529. The number of amides is 4. The van der Waals surface area contributed by atoms with E-state index in [4.69, 9.17) is 0 Å². The van der Waals surface area contributed by atoms with Gasteiger partial charge in [-0.3, -0.25) is 19.2 Å². The smallest absolute Gasteiger partial charge is 0.269 e. The number of nitrogens with zero attached hydrogens (tertiary/aromatic N) is 4. The molecule has 1 aliphatic rings. The van der Waals surface area contributed by atoms with Gasteiger partial charge in [0, 0.05) is 39.7 Å². The number of likely N-dealkylation sites (N-methyl/N-ethyl adjacent to an activating group) is 1. The molecule has 9 nitrogen and oxygen atoms in total. The number of carbonyl (C=O) groups excluding carboxylic acids is 4. The van der Waals surface area contributed by atoms with Crippen molar-refractivity contribution in [1.29, 1.82) is 0 Å². The van der Waals surface area contributed by atoms with Crippen molar-refractivity contribution in [2.75, 3.05) is 14.1 Å². The van der Waals surface area contributed by atoms with Crippen LogP contribution in [0.15, 0.2) is 66.9 Å². The Morgan fingerprint density at radius 1 is 0.947 bits per heavy atom. The molecule has 0 saturated carbocycles. The summed E-state index contributed by atoms with van der Waals surface area (Å²) >= 11 is 0. The lowest BCUT2D eigenvalue weighted by Crippen LogP contribution is -2.65. The second-order valence-electron chi connectivity index (χ2n) is 9.94. The van der Waals surface area contributed by atoms with Crippen LogP contribution in [0.25, 0.3) is 5.70 Å². The highest BCUT2D eigenvalue weighted by molar-refractivity contribution is 5.98. The van der Waals surface area contributed by atoms with Gasteiger partial charge in [0.05, 0.1) is 11.7 Å². The van der Waals surface area contributed by atoms with Crippen molar-refractivity contribution >= 4 is 29.3 Å². The van der Waals surface area contributed by atoms with Crippen molar-refractivity contribution in [1.82, 2.24) is 19.8 Å². The Bertz CT molecular complexity index is 1200. The highest BCUT2D eigenvalue weighted by atomic mass is 16.3. The normalized spacial score (nSPS) is 17.1. The minimum absolute atomic E-state index is 0.107. The van der Waals surface area contributed by atoms with Crippen molar-refractivity contribution in [2.45, 2.75) is 52.3 Å². The topological polar surface area (TPSA) is 101 Å². The van der Waals surface area contributed by atoms with Gasteiger partial charge >= 0.3 is 0 Å². The van der Waals surface area contributed by atoms with E-state index >= 15 is 0 Å². The third-order valence-corrected chi connectivity index (χ3v) is 6.51. The fourth-order valence-corrected chi connectivity index (χ4v) is 4.69. The molecule has 0 saturated heterocycles. The largest absolute Gasteiger partial charge is 0.381 e. The second-order valence-corrected chi connectivity index (χ2v) is 9.94. The first-order chi connectivity index (χ1) is 18.0. The third-order valence-electron chi connectivity index (χ3n) is 6.51. The summed E-state index contributed by atoms with van der Waals surface area (Å²) < 4.78 is 0. The summed E-state index contributed by atoms with van der Waals surface area (Å²) in [5, 5.41) is 13.7. The molecule has 0 aromatic heterocycles. The molecule has 38 heavy (non-hydrogen) atoms. The Labute approximate surface area is 223 Å². The summed E-state index contributed by atoms with van der Waals surface area (Å²) in [5.41, 5.74) is 1.66. The highest BCUT2D eigenvalue weighted by Gasteiger charge is 2.46. The van der Waals surface area contributed by atoms with Gasteiger partial charge in [-0.1, -0.05) is 74.5 Å². The molecule has 202 valence electrons. The van der Waals surface area contributed by atoms with Gasteiger partial charge in [-0.2, -0.15) is 0 Å². The Kier molecular flexibility index (Phi) is 9.06. The van der Waals surface area contributed by atoms with Gasteiger partial charge in [-0.05, 0) is 17.9 Å². The Hall–Kier alpha value is -3.98. The molecule has 0 bridgehead atoms. The number of hydrazine groups is 1. The molecule has 0 radical (unpaired) electrons. The molecule has 1 heterocycles. The van der Waals surface area contributed by atoms with Crippen LogP contribution >= 0.6 is 0 Å². The van der Waals surface area contributed by atoms with E-state index in [1.807, 2.05) is 50.2 Å². The lowest BCUT2D eigenvalue weighted by Gasteiger charge is -2.48. The summed E-state index contributed by atoms with van der Waals surface area (Å²) in [7, 11) is 3.04. The van der Waals surface area contributed by atoms with Crippen LogP contribution in [0, 0.1) is 5.92 Å². The van der Waals surface area contributed by atoms with Crippen LogP contribution in [0.1, 0.15) is 38.8 Å². The average molecular weight is 521 g/mol. The van der Waals surface area contributed by atoms with Crippen molar-refractivity contribution in [3.05, 3.63) is 78.0 Å². The first kappa shape index (κ1) is 28.6. The molecule has 2 aromatic rings. The lowest BCUT2D eigenvalue weighted by molar-refractivity contribution is -0.173. The molecule has 1 aliphatic heterocycles. The Morgan fingerprint density at radius 2 is 1.50 bits per heavy atom. The molecule has 2 aromatic carbocycles. The van der Waals surface area contributed by atoms with Gasteiger partial charge in [0.1, 0.15) is 6.04 Å². The Balaban J connectivity index is 2.26. The molecule has 4 amide bonds. The van der Waals surface area contributed by atoms with E-state index in [2.05, 4.69) is 0 Å². The zero-order chi connectivity index (χ0) is 28.1. The van der Waals surface area contributed by atoms with Crippen LogP contribution in [-0.4, -0.2) is 80.8 Å². The monoisotopic (exact) mass is 520 g/mol. The SMILES string of the molecule is CC(=O)N1C=C(c2ccccc2)N(N(C(C)=O)[C@@H](Cc2ccccc2)C(O)C(=O)N(C)C)C(=O)C1C(C)C. The van der Waals surface area contributed by atoms with Crippen LogP contribution in [0.5, 0.6) is 0 Å². The van der Waals surface area contributed by atoms with Crippen LogP contribution in [0.3, 0.4) is 0 Å². The fourth-order valence-electron chi connectivity index (χ4n) is 4.69. The maximum atomic E-state index is 14.2. The highest BCUT2D eigenvalue weighted by Crippen LogP contribution is 2.33. The molecule has 1 N–H and O–H groups in total. The number of hydrogen-bond donors (Lipinski definition) is 1. The number of benzene rings is 2. The van der Waals surface area contributed by atoms with Crippen LogP contribution in [-0.2, 0) is 25.6 Å². The average Bonchev–Trinajstić information content (AvgIpc) is 2.88. The molecule has 0 fully saturated rings. The standard InChI is InChI=1S/C29H36N4O5/c1-19(2)26-28(37)33(25(18-31(26)20(3)34)23-15-11-8-12-16-23)32(21(4)35)24(27(36)29(38)30(5)6)17-22-13-9-7-10-14-22/h7-16,18-19,24,26-27,36H,17H2,1-6H3/t24-,26?,27?/m0/s1.